The molecule has 0 amide bonds. The zero-order valence-electron chi connectivity index (χ0n) is 38.0. The van der Waals surface area contributed by atoms with Gasteiger partial charge < -0.3 is 14.4 Å². The number of anilines is 6. The van der Waals surface area contributed by atoms with Crippen molar-refractivity contribution in [1.82, 2.24) is 4.57 Å². The second-order valence-corrected chi connectivity index (χ2v) is 29.6. The van der Waals surface area contributed by atoms with Gasteiger partial charge in [0.05, 0.1) is 38.6 Å². The Kier molecular flexibility index (Phi) is 9.87. The molecule has 0 saturated carbocycles. The minimum absolute atomic E-state index is 1.12. The van der Waals surface area contributed by atoms with Crippen LogP contribution in [0.25, 0.3) is 59.8 Å². The van der Waals surface area contributed by atoms with Gasteiger partial charge in [0.25, 0.3) is 0 Å². The van der Waals surface area contributed by atoms with E-state index in [1.165, 1.54) is 53.5 Å². The first kappa shape index (κ1) is 40.6. The lowest BCUT2D eigenvalue weighted by Gasteiger charge is -2.28. The van der Waals surface area contributed by atoms with E-state index in [1.807, 2.05) is 0 Å². The highest BCUT2D eigenvalue weighted by Gasteiger charge is 2.27. The normalized spacial score (nSPS) is 12.2. The summed E-state index contributed by atoms with van der Waals surface area (Å²) in [7, 11) is -3.05. The molecule has 0 fully saturated rings. The average molecular weight is 872 g/mol. The van der Waals surface area contributed by atoms with Crippen molar-refractivity contribution in [3.63, 3.8) is 0 Å². The number of benzene rings is 10. The van der Waals surface area contributed by atoms with Crippen molar-refractivity contribution in [3.8, 4) is 5.69 Å². The van der Waals surface area contributed by atoms with Crippen molar-refractivity contribution >= 4 is 115 Å². The zero-order valence-corrected chi connectivity index (χ0v) is 40.0. The van der Waals surface area contributed by atoms with E-state index in [4.69, 9.17) is 0 Å². The van der Waals surface area contributed by atoms with E-state index in [1.54, 1.807) is 0 Å². The van der Waals surface area contributed by atoms with E-state index in [9.17, 15) is 0 Å². The van der Waals surface area contributed by atoms with Gasteiger partial charge in [0.15, 0.2) is 0 Å². The van der Waals surface area contributed by atoms with Crippen LogP contribution in [0.5, 0.6) is 0 Å². The van der Waals surface area contributed by atoms with E-state index >= 15 is 0 Å². The molecule has 0 atom stereocenters. The molecular weight excluding hydrogens is 819 g/mol. The van der Waals surface area contributed by atoms with Gasteiger partial charge in [-0.05, 0) is 94.3 Å². The van der Waals surface area contributed by atoms with E-state index in [0.717, 1.165) is 50.8 Å². The molecular formula is C60H53N3Si2. The maximum atomic E-state index is 2.54. The standard InChI is InChI=1S/C60H53N3Si2/c1-64(2,3)49-35-31-46(32-36-49)61(44-21-9-7-10-22-44)55-40-57-59(53-27-17-15-25-51(53)55)60-54-28-18-16-26-52(54)56(41-58(60)63(57)48-30-29-42-19-13-14-20-43(42)39-48)62(45-23-11-8-12-24-45)47-33-37-50(38-34-47)65(4,5)6/h7-41H,1-6H3. The molecule has 0 saturated heterocycles. The lowest BCUT2D eigenvalue weighted by molar-refractivity contribution is 1.18. The predicted molar refractivity (Wildman–Crippen MR) is 289 cm³/mol. The van der Waals surface area contributed by atoms with Crippen LogP contribution < -0.4 is 20.2 Å². The summed E-state index contributed by atoms with van der Waals surface area (Å²) >= 11 is 0. The molecule has 0 aliphatic carbocycles. The molecule has 3 nitrogen and oxygen atoms in total. The van der Waals surface area contributed by atoms with E-state index < -0.39 is 16.1 Å². The van der Waals surface area contributed by atoms with Gasteiger partial charge in [-0.1, -0.05) is 189 Å². The predicted octanol–water partition coefficient (Wildman–Crippen LogP) is 16.3. The van der Waals surface area contributed by atoms with Crippen molar-refractivity contribution in [2.45, 2.75) is 39.3 Å². The molecule has 0 N–H and O–H groups in total. The Morgan fingerprint density at radius 3 is 1.12 bits per heavy atom. The molecule has 0 aliphatic rings. The Bertz CT molecular complexity index is 3350. The third kappa shape index (κ3) is 7.12. The summed E-state index contributed by atoms with van der Waals surface area (Å²) in [4.78, 5) is 4.92. The molecule has 0 spiro atoms. The van der Waals surface area contributed by atoms with Crippen LogP contribution in [0.4, 0.5) is 34.1 Å². The van der Waals surface area contributed by atoms with Crippen LogP contribution in [0.3, 0.4) is 0 Å². The Morgan fingerprint density at radius 1 is 0.323 bits per heavy atom. The molecule has 0 unspecified atom stereocenters. The second kappa shape index (κ2) is 15.8. The maximum absolute atomic E-state index is 2.54. The van der Waals surface area contributed by atoms with E-state index in [2.05, 4.69) is 266 Å². The summed E-state index contributed by atoms with van der Waals surface area (Å²) in [5, 5.41) is 12.7. The molecule has 11 aromatic rings. The number of hydrogen-bond acceptors (Lipinski definition) is 2. The fourth-order valence-corrected chi connectivity index (χ4v) is 12.2. The quantitative estimate of drug-likeness (QED) is 0.134. The molecule has 316 valence electrons. The molecule has 0 bridgehead atoms. The van der Waals surface area contributed by atoms with Crippen molar-refractivity contribution in [3.05, 3.63) is 212 Å². The number of para-hydroxylation sites is 2. The summed E-state index contributed by atoms with van der Waals surface area (Å²) < 4.78 is 2.54. The van der Waals surface area contributed by atoms with Gasteiger partial charge in [-0.2, -0.15) is 0 Å². The van der Waals surface area contributed by atoms with Crippen LogP contribution in [-0.2, 0) is 0 Å². The molecule has 0 radical (unpaired) electrons. The largest absolute Gasteiger partial charge is 0.310 e. The van der Waals surface area contributed by atoms with Crippen LogP contribution in [0.2, 0.25) is 39.3 Å². The Morgan fingerprint density at radius 2 is 0.692 bits per heavy atom. The molecule has 5 heteroatoms. The summed E-state index contributed by atoms with van der Waals surface area (Å²) in [5.41, 5.74) is 10.3. The summed E-state index contributed by atoms with van der Waals surface area (Å²) in [6.45, 7) is 14.5. The summed E-state index contributed by atoms with van der Waals surface area (Å²) in [6.07, 6.45) is 0. The summed E-state index contributed by atoms with van der Waals surface area (Å²) in [6, 6.07) is 79.2. The minimum atomic E-state index is -1.53. The third-order valence-electron chi connectivity index (χ3n) is 13.2. The van der Waals surface area contributed by atoms with Crippen LogP contribution in [0.1, 0.15) is 0 Å². The van der Waals surface area contributed by atoms with Gasteiger partial charge in [0.1, 0.15) is 0 Å². The molecule has 1 aromatic heterocycles. The smallest absolute Gasteiger partial charge is 0.0775 e. The Labute approximate surface area is 384 Å². The summed E-state index contributed by atoms with van der Waals surface area (Å²) in [5.74, 6) is 0. The fourth-order valence-electron chi connectivity index (χ4n) is 9.89. The van der Waals surface area contributed by atoms with Crippen molar-refractivity contribution in [2.24, 2.45) is 0 Å². The SMILES string of the molecule is C[Si](C)(C)c1ccc(N(c2ccccc2)c2cc3c(c4ccccc24)c2c4ccccc4c(N(c4ccccc4)c4ccc([Si](C)(C)C)cc4)cc2n3-c2ccc3ccccc3c2)cc1. The van der Waals surface area contributed by atoms with Gasteiger partial charge in [0.2, 0.25) is 0 Å². The number of nitrogens with zero attached hydrogens (tertiary/aromatic N) is 3. The van der Waals surface area contributed by atoms with Gasteiger partial charge in [0, 0.05) is 50.0 Å². The lowest BCUT2D eigenvalue weighted by atomic mass is 9.96. The third-order valence-corrected chi connectivity index (χ3v) is 17.4. The van der Waals surface area contributed by atoms with Gasteiger partial charge in [-0.25, -0.2) is 0 Å². The molecule has 65 heavy (non-hydrogen) atoms. The van der Waals surface area contributed by atoms with Gasteiger partial charge in [-0.15, -0.1) is 0 Å². The first-order valence-corrected chi connectivity index (χ1v) is 29.9. The van der Waals surface area contributed by atoms with Crippen LogP contribution in [0, 0.1) is 0 Å². The molecule has 11 rings (SSSR count). The van der Waals surface area contributed by atoms with Crippen molar-refractivity contribution in [1.29, 1.82) is 0 Å². The molecule has 0 aliphatic heterocycles. The zero-order chi connectivity index (χ0) is 44.5. The average Bonchev–Trinajstić information content (AvgIpc) is 3.66. The topological polar surface area (TPSA) is 11.4 Å². The Hall–Kier alpha value is -7.19. The Balaban J connectivity index is 1.28. The van der Waals surface area contributed by atoms with Crippen LogP contribution in [-0.4, -0.2) is 20.7 Å². The highest BCUT2D eigenvalue weighted by Crippen LogP contribution is 2.50. The highest BCUT2D eigenvalue weighted by molar-refractivity contribution is 6.89. The maximum Gasteiger partial charge on any atom is 0.0775 e. The van der Waals surface area contributed by atoms with Crippen LogP contribution >= 0.6 is 0 Å². The number of aromatic nitrogens is 1. The van der Waals surface area contributed by atoms with Crippen molar-refractivity contribution in [2.75, 3.05) is 9.80 Å². The lowest BCUT2D eigenvalue weighted by Crippen LogP contribution is -2.37. The number of fused-ring (bicyclic) bond motifs is 8. The van der Waals surface area contributed by atoms with Gasteiger partial charge >= 0.3 is 0 Å². The monoisotopic (exact) mass is 871 g/mol. The number of rotatable bonds is 9. The first-order valence-electron chi connectivity index (χ1n) is 22.9. The highest BCUT2D eigenvalue weighted by atomic mass is 28.3. The van der Waals surface area contributed by atoms with E-state index in [0.29, 0.717) is 0 Å². The van der Waals surface area contributed by atoms with Crippen molar-refractivity contribution < 1.29 is 0 Å². The minimum Gasteiger partial charge on any atom is -0.310 e. The molecule has 10 aromatic carbocycles. The second-order valence-electron chi connectivity index (χ2n) is 19.5. The number of hydrogen-bond donors (Lipinski definition) is 0. The van der Waals surface area contributed by atoms with Gasteiger partial charge in [-0.3, -0.25) is 0 Å². The van der Waals surface area contributed by atoms with Crippen LogP contribution in [0.15, 0.2) is 212 Å². The molecule has 1 heterocycles. The fraction of sp³-hybridized carbons (Fsp3) is 0.100. The first-order chi connectivity index (χ1) is 31.5. The van der Waals surface area contributed by atoms with E-state index in [-0.39, 0.29) is 0 Å².